The van der Waals surface area contributed by atoms with Crippen molar-refractivity contribution in [2.75, 3.05) is 0 Å². The number of hydrogen-bond acceptors (Lipinski definition) is 7. The number of nitrogens with two attached hydrogens (primary N) is 1. The highest BCUT2D eigenvalue weighted by atomic mass is 32.1. The number of imide groups is 1. The first-order valence-corrected chi connectivity index (χ1v) is 7.99. The maximum Gasteiger partial charge on any atom is 0.318 e. The number of amides is 3. The molecule has 22 heavy (non-hydrogen) atoms. The van der Waals surface area contributed by atoms with Crippen LogP contribution in [0.15, 0.2) is 22.9 Å². The molecule has 2 aromatic heterocycles. The second-order valence-corrected chi connectivity index (χ2v) is 6.09. The summed E-state index contributed by atoms with van der Waals surface area (Å²) in [5, 5.41) is 6.39. The van der Waals surface area contributed by atoms with Gasteiger partial charge in [-0.25, -0.2) is 9.78 Å². The summed E-state index contributed by atoms with van der Waals surface area (Å²) >= 11 is 3.00. The van der Waals surface area contributed by atoms with E-state index in [1.165, 1.54) is 18.3 Å². The van der Waals surface area contributed by atoms with Crippen molar-refractivity contribution in [1.29, 1.82) is 0 Å². The Balaban J connectivity index is 1.89. The summed E-state index contributed by atoms with van der Waals surface area (Å²) < 4.78 is 4.93. The highest BCUT2D eigenvalue weighted by Crippen LogP contribution is 2.27. The zero-order valence-electron chi connectivity index (χ0n) is 11.6. The van der Waals surface area contributed by atoms with Crippen LogP contribution in [0.25, 0.3) is 9.88 Å². The molecule has 0 saturated carbocycles. The topological polar surface area (TPSA) is 111 Å². The predicted molar refractivity (Wildman–Crippen MR) is 82.4 cm³/mol. The molecule has 0 spiro atoms. The van der Waals surface area contributed by atoms with Gasteiger partial charge in [-0.1, -0.05) is 6.07 Å². The van der Waals surface area contributed by atoms with Gasteiger partial charge in [0.2, 0.25) is 0 Å². The monoisotopic (exact) mass is 339 g/mol. The summed E-state index contributed by atoms with van der Waals surface area (Å²) in [5.74, 6) is -1.37. The van der Waals surface area contributed by atoms with Gasteiger partial charge in [-0.05, 0) is 18.4 Å². The quantitative estimate of drug-likeness (QED) is 0.803. The van der Waals surface area contributed by atoms with Gasteiger partial charge >= 0.3 is 12.0 Å². The van der Waals surface area contributed by atoms with Gasteiger partial charge < -0.3 is 10.5 Å². The molecule has 2 heterocycles. The maximum absolute atomic E-state index is 11.8. The van der Waals surface area contributed by atoms with Gasteiger partial charge in [0.15, 0.2) is 6.10 Å². The number of rotatable bonds is 5. The lowest BCUT2D eigenvalue weighted by atomic mass is 10.3. The number of aromatic nitrogens is 1. The Morgan fingerprint density at radius 2 is 2.18 bits per heavy atom. The van der Waals surface area contributed by atoms with Crippen molar-refractivity contribution < 1.29 is 19.1 Å². The first kappa shape index (κ1) is 16.1. The largest absolute Gasteiger partial charge is 0.452 e. The number of ether oxygens (including phenoxy) is 1. The van der Waals surface area contributed by atoms with Crippen molar-refractivity contribution in [3.05, 3.63) is 28.6 Å². The van der Waals surface area contributed by atoms with E-state index in [1.807, 2.05) is 22.8 Å². The molecule has 0 radical (unpaired) electrons. The van der Waals surface area contributed by atoms with Crippen molar-refractivity contribution in [3.8, 4) is 9.88 Å². The smallest absolute Gasteiger partial charge is 0.318 e. The molecule has 3 N–H and O–H groups in total. The minimum absolute atomic E-state index is 0.0456. The lowest BCUT2D eigenvalue weighted by Crippen LogP contribution is -2.42. The highest BCUT2D eigenvalue weighted by molar-refractivity contribution is 7.20. The van der Waals surface area contributed by atoms with Crippen molar-refractivity contribution in [2.45, 2.75) is 19.4 Å². The molecule has 2 rings (SSSR count). The van der Waals surface area contributed by atoms with Gasteiger partial charge in [0.25, 0.3) is 5.91 Å². The predicted octanol–water partition coefficient (Wildman–Crippen LogP) is 1.54. The number of urea groups is 1. The molecule has 7 nitrogen and oxygen atoms in total. The van der Waals surface area contributed by atoms with Crippen molar-refractivity contribution >= 4 is 40.6 Å². The summed E-state index contributed by atoms with van der Waals surface area (Å²) in [6, 6.07) is 2.88. The van der Waals surface area contributed by atoms with Crippen LogP contribution in [0.4, 0.5) is 4.79 Å². The molecule has 1 atom stereocenters. The molecule has 0 fully saturated rings. The number of carbonyl (C=O) groups is 3. The fourth-order valence-corrected chi connectivity index (χ4v) is 3.20. The normalized spacial score (nSPS) is 11.7. The summed E-state index contributed by atoms with van der Waals surface area (Å²) in [4.78, 5) is 39.1. The number of esters is 1. The average molecular weight is 339 g/mol. The number of thiazole rings is 1. The summed E-state index contributed by atoms with van der Waals surface area (Å²) in [6.07, 6.45) is -1.15. The van der Waals surface area contributed by atoms with Crippen molar-refractivity contribution in [3.63, 3.8) is 0 Å². The van der Waals surface area contributed by atoms with Crippen LogP contribution in [0.1, 0.15) is 12.6 Å². The Hall–Kier alpha value is -2.26. The van der Waals surface area contributed by atoms with Crippen LogP contribution in [0.3, 0.4) is 0 Å². The molecular weight excluding hydrogens is 326 g/mol. The molecule has 0 bridgehead atoms. The third kappa shape index (κ3) is 4.37. The molecule has 0 aliphatic carbocycles. The molecule has 2 aromatic rings. The fraction of sp³-hybridized carbons (Fsp3) is 0.231. The molecule has 1 unspecified atom stereocenters. The van der Waals surface area contributed by atoms with Crippen LogP contribution in [0, 0.1) is 0 Å². The van der Waals surface area contributed by atoms with E-state index in [0.29, 0.717) is 5.69 Å². The summed E-state index contributed by atoms with van der Waals surface area (Å²) in [7, 11) is 0. The van der Waals surface area contributed by atoms with Gasteiger partial charge in [0.1, 0.15) is 5.01 Å². The fourth-order valence-electron chi connectivity index (χ4n) is 1.56. The van der Waals surface area contributed by atoms with Crippen LogP contribution in [-0.2, 0) is 20.7 Å². The first-order valence-electron chi connectivity index (χ1n) is 6.23. The third-order valence-corrected chi connectivity index (χ3v) is 4.46. The van der Waals surface area contributed by atoms with Crippen LogP contribution >= 0.6 is 22.7 Å². The number of nitrogens with one attached hydrogen (secondary N) is 1. The van der Waals surface area contributed by atoms with E-state index in [0.717, 1.165) is 9.88 Å². The van der Waals surface area contributed by atoms with Crippen molar-refractivity contribution in [2.24, 2.45) is 5.73 Å². The van der Waals surface area contributed by atoms with Gasteiger partial charge in [-0.2, -0.15) is 0 Å². The Labute approximate surface area is 134 Å². The second-order valence-electron chi connectivity index (χ2n) is 4.28. The molecule has 116 valence electrons. The number of hydrogen-bond donors (Lipinski definition) is 2. The van der Waals surface area contributed by atoms with E-state index < -0.39 is 24.0 Å². The van der Waals surface area contributed by atoms with Gasteiger partial charge in [0, 0.05) is 5.38 Å². The number of primary amides is 1. The average Bonchev–Trinajstić information content (AvgIpc) is 3.07. The SMILES string of the molecule is CC(OC(=O)Cc1csc(-c2cccs2)n1)C(=O)NC(N)=O. The van der Waals surface area contributed by atoms with Crippen LogP contribution in [0.5, 0.6) is 0 Å². The molecule has 0 aliphatic heterocycles. The summed E-state index contributed by atoms with van der Waals surface area (Å²) in [5.41, 5.74) is 5.39. The minimum atomic E-state index is -1.10. The van der Waals surface area contributed by atoms with Gasteiger partial charge in [0.05, 0.1) is 17.0 Å². The molecule has 9 heteroatoms. The van der Waals surface area contributed by atoms with Crippen molar-refractivity contribution in [1.82, 2.24) is 10.3 Å². The van der Waals surface area contributed by atoms with Crippen LogP contribution in [-0.4, -0.2) is 29.0 Å². The maximum atomic E-state index is 11.8. The highest BCUT2D eigenvalue weighted by Gasteiger charge is 2.20. The second kappa shape index (κ2) is 7.14. The standard InChI is InChI=1S/C13H13N3O4S2/c1-7(11(18)16-13(14)19)20-10(17)5-8-6-22-12(15-8)9-3-2-4-21-9/h2-4,6-7H,5H2,1H3,(H3,14,16,18,19). The molecular formula is C13H13N3O4S2. The zero-order valence-corrected chi connectivity index (χ0v) is 13.2. The molecule has 0 aliphatic rings. The Kier molecular flexibility index (Phi) is 5.23. The number of carbonyl (C=O) groups excluding carboxylic acids is 3. The first-order chi connectivity index (χ1) is 10.5. The molecule has 0 aromatic carbocycles. The van der Waals surface area contributed by atoms with E-state index in [2.05, 4.69) is 4.98 Å². The molecule has 0 saturated heterocycles. The summed E-state index contributed by atoms with van der Waals surface area (Å²) in [6.45, 7) is 1.36. The van der Waals surface area contributed by atoms with E-state index in [-0.39, 0.29) is 6.42 Å². The lowest BCUT2D eigenvalue weighted by molar-refractivity contribution is -0.153. The third-order valence-electron chi connectivity index (χ3n) is 2.53. The number of nitrogens with zero attached hydrogens (tertiary/aromatic N) is 1. The van der Waals surface area contributed by atoms with E-state index in [4.69, 9.17) is 10.5 Å². The van der Waals surface area contributed by atoms with E-state index >= 15 is 0 Å². The lowest BCUT2D eigenvalue weighted by Gasteiger charge is -2.11. The Morgan fingerprint density at radius 3 is 2.82 bits per heavy atom. The molecule has 3 amide bonds. The van der Waals surface area contributed by atoms with E-state index in [1.54, 1.807) is 16.7 Å². The Bertz CT molecular complexity index is 681. The van der Waals surface area contributed by atoms with Crippen LogP contribution in [0.2, 0.25) is 0 Å². The minimum Gasteiger partial charge on any atom is -0.452 e. The van der Waals surface area contributed by atoms with Gasteiger partial charge in [-0.3, -0.25) is 14.9 Å². The number of thiophene rings is 1. The zero-order chi connectivity index (χ0) is 16.1. The Morgan fingerprint density at radius 1 is 1.41 bits per heavy atom. The van der Waals surface area contributed by atoms with Gasteiger partial charge in [-0.15, -0.1) is 22.7 Å². The van der Waals surface area contributed by atoms with E-state index in [9.17, 15) is 14.4 Å². The van der Waals surface area contributed by atoms with Crippen LogP contribution < -0.4 is 11.1 Å².